The van der Waals surface area contributed by atoms with E-state index in [4.69, 9.17) is 9.72 Å². The molecular formula is C56H43N5OPt-2. The first-order chi connectivity index (χ1) is 30.4. The molecule has 0 amide bonds. The van der Waals surface area contributed by atoms with Gasteiger partial charge in [0.1, 0.15) is 0 Å². The van der Waals surface area contributed by atoms with Crippen molar-refractivity contribution in [3.8, 4) is 28.7 Å². The van der Waals surface area contributed by atoms with Gasteiger partial charge in [0.05, 0.1) is 16.6 Å². The number of hydrogen-bond acceptors (Lipinski definition) is 2. The van der Waals surface area contributed by atoms with E-state index < -0.39 is 0 Å². The molecule has 0 saturated carbocycles. The van der Waals surface area contributed by atoms with Crippen molar-refractivity contribution in [3.63, 3.8) is 0 Å². The van der Waals surface area contributed by atoms with Crippen molar-refractivity contribution in [1.82, 2.24) is 23.1 Å². The molecule has 0 N–H and O–H groups in total. The molecule has 6 nitrogen and oxygen atoms in total. The Morgan fingerprint density at radius 1 is 0.492 bits per heavy atom. The van der Waals surface area contributed by atoms with E-state index in [0.717, 1.165) is 53.8 Å². The van der Waals surface area contributed by atoms with E-state index >= 15 is 0 Å². The molecule has 0 fully saturated rings. The minimum absolute atomic E-state index is 0.0105. The summed E-state index contributed by atoms with van der Waals surface area (Å²) < 4.78 is 17.1. The fourth-order valence-electron chi connectivity index (χ4n) is 9.56. The third-order valence-corrected chi connectivity index (χ3v) is 13.7. The molecule has 310 valence electrons. The Hall–Kier alpha value is -6.75. The summed E-state index contributed by atoms with van der Waals surface area (Å²) in [6.07, 6.45) is 1.85. The van der Waals surface area contributed by atoms with Crippen LogP contribution in [0.5, 0.6) is 11.5 Å². The first kappa shape index (κ1) is 38.0. The van der Waals surface area contributed by atoms with Crippen LogP contribution >= 0.6 is 0 Å². The molecule has 12 rings (SSSR count). The predicted octanol–water partition coefficient (Wildman–Crippen LogP) is 14.1. The van der Waals surface area contributed by atoms with Crippen molar-refractivity contribution < 1.29 is 24.1 Å². The Kier molecular flexibility index (Phi) is 8.21. The van der Waals surface area contributed by atoms with Crippen LogP contribution in [-0.4, -0.2) is 23.1 Å². The van der Waals surface area contributed by atoms with E-state index in [1.807, 2.05) is 36.5 Å². The van der Waals surface area contributed by atoms with Gasteiger partial charge in [0.25, 0.3) is 0 Å². The van der Waals surface area contributed by atoms with Gasteiger partial charge in [-0.1, -0.05) is 42.5 Å². The molecule has 0 aliphatic heterocycles. The SMILES string of the molecule is CC(C)(C)c1cc(-n2[c](=[Pt])n(-c3[c-]c(Oc4[c-]c5c(cc4)c4cc6c7cccc8c9ccccc9n(c6cc4n5-c4ccccn4)c87)ccc3)c3ccccc32)cc(C(C)(C)C)c1. The average molecular weight is 997 g/mol. The standard InChI is InChI=1S/C56H43N5O.Pt/c1-55(2,3)35-27-36(56(4,5)6)29-38(28-35)59-34-58(48-21-9-10-22-49(48)59)37-15-13-16-39(30-37)62-40-24-25-42-45-32-46-44-19-14-18-43-41-17-7-8-20-47(41)61(54(43)44)52(46)33-51(45)60(50(42)31-40)53-23-11-12-26-57-53;/h7-29,32-33H,1-6H3;/q-2;. The first-order valence-corrected chi connectivity index (χ1v) is 22.6. The predicted molar refractivity (Wildman–Crippen MR) is 254 cm³/mol. The number of nitrogens with zero attached hydrogens (tertiary/aromatic N) is 5. The van der Waals surface area contributed by atoms with Crippen molar-refractivity contribution in [3.05, 3.63) is 179 Å². The number of benzene rings is 7. The molecule has 0 unspecified atom stereocenters. The normalized spacial score (nSPS) is 12.7. The number of fused-ring (bicyclic) bond motifs is 10. The van der Waals surface area contributed by atoms with Gasteiger partial charge in [0, 0.05) is 27.7 Å². The van der Waals surface area contributed by atoms with Crippen LogP contribution < -0.4 is 4.74 Å². The van der Waals surface area contributed by atoms with E-state index in [-0.39, 0.29) is 10.8 Å². The zero-order valence-corrected chi connectivity index (χ0v) is 38.2. The molecular weight excluding hydrogens is 954 g/mol. The van der Waals surface area contributed by atoms with Gasteiger partial charge in [0.15, 0.2) is 0 Å². The van der Waals surface area contributed by atoms with E-state index in [1.54, 1.807) is 0 Å². The number of ether oxygens (including phenoxy) is 1. The number of rotatable bonds is 5. The molecule has 7 heteroatoms. The molecule has 0 aliphatic carbocycles. The molecule has 0 bridgehead atoms. The van der Waals surface area contributed by atoms with Crippen LogP contribution in [-0.2, 0) is 30.2 Å². The van der Waals surface area contributed by atoms with Gasteiger partial charge >= 0.3 is 275 Å². The van der Waals surface area contributed by atoms with Crippen LogP contribution in [0.4, 0.5) is 0 Å². The van der Waals surface area contributed by atoms with Crippen molar-refractivity contribution in [2.75, 3.05) is 0 Å². The summed E-state index contributed by atoms with van der Waals surface area (Å²) in [5.74, 6) is 2.03. The average Bonchev–Trinajstić information content (AvgIpc) is 3.98. The Labute approximate surface area is 376 Å². The van der Waals surface area contributed by atoms with Crippen LogP contribution in [0.2, 0.25) is 0 Å². The van der Waals surface area contributed by atoms with E-state index in [9.17, 15) is 0 Å². The molecule has 0 radical (unpaired) electrons. The number of pyridine rings is 1. The second-order valence-electron chi connectivity index (χ2n) is 18.7. The summed E-state index contributed by atoms with van der Waals surface area (Å²) in [5, 5.41) is 7.24. The third kappa shape index (κ3) is 5.81. The van der Waals surface area contributed by atoms with E-state index in [0.29, 0.717) is 11.5 Å². The number of aromatic nitrogens is 5. The van der Waals surface area contributed by atoms with Gasteiger partial charge in [-0.3, -0.25) is 0 Å². The molecule has 5 aromatic heterocycles. The van der Waals surface area contributed by atoms with Gasteiger partial charge in [-0.2, -0.15) is 0 Å². The van der Waals surface area contributed by atoms with Crippen molar-refractivity contribution in [2.24, 2.45) is 0 Å². The molecule has 0 atom stereocenters. The Morgan fingerprint density at radius 3 is 1.86 bits per heavy atom. The van der Waals surface area contributed by atoms with E-state index in [2.05, 4.69) is 206 Å². The third-order valence-electron chi connectivity index (χ3n) is 12.7. The Morgan fingerprint density at radius 2 is 1.13 bits per heavy atom. The van der Waals surface area contributed by atoms with Crippen LogP contribution in [0, 0.1) is 15.9 Å². The maximum atomic E-state index is 6.72. The fraction of sp³-hybridized carbons (Fsp3) is 0.143. The topological polar surface area (TPSA) is 41.3 Å². The quantitative estimate of drug-likeness (QED) is 0.161. The van der Waals surface area contributed by atoms with Gasteiger partial charge in [0.2, 0.25) is 0 Å². The number of para-hydroxylation sites is 4. The maximum absolute atomic E-state index is 6.72. The molecule has 0 spiro atoms. The summed E-state index contributed by atoms with van der Waals surface area (Å²) in [5.41, 5.74) is 12.5. The monoisotopic (exact) mass is 996 g/mol. The van der Waals surface area contributed by atoms with Gasteiger partial charge in [-0.25, -0.2) is 0 Å². The van der Waals surface area contributed by atoms with Gasteiger partial charge in [-0.05, 0) is 12.1 Å². The number of imidazole rings is 1. The Bertz CT molecular complexity index is 3840. The summed E-state index contributed by atoms with van der Waals surface area (Å²) in [6, 6.07) is 59.4. The summed E-state index contributed by atoms with van der Waals surface area (Å²) in [6.45, 7) is 13.7. The van der Waals surface area contributed by atoms with Gasteiger partial charge in [-0.15, -0.1) is 0 Å². The van der Waals surface area contributed by atoms with Crippen LogP contribution in [0.25, 0.3) is 88.1 Å². The fourth-order valence-corrected chi connectivity index (χ4v) is 10.7. The van der Waals surface area contributed by atoms with Crippen molar-refractivity contribution in [2.45, 2.75) is 52.4 Å². The molecule has 7 aromatic carbocycles. The Balaban J connectivity index is 1.00. The number of hydrogen-bond donors (Lipinski definition) is 0. The minimum atomic E-state index is -0.0105. The van der Waals surface area contributed by atoms with Crippen molar-refractivity contribution >= 4 is 70.9 Å². The van der Waals surface area contributed by atoms with Crippen LogP contribution in [0.15, 0.2) is 152 Å². The summed E-state index contributed by atoms with van der Waals surface area (Å²) >= 11 is 2.47. The van der Waals surface area contributed by atoms with Crippen LogP contribution in [0.3, 0.4) is 0 Å². The first-order valence-electron chi connectivity index (χ1n) is 21.5. The van der Waals surface area contributed by atoms with Gasteiger partial charge < -0.3 is 4.40 Å². The second kappa shape index (κ2) is 13.6. The zero-order chi connectivity index (χ0) is 42.9. The molecule has 0 saturated heterocycles. The summed E-state index contributed by atoms with van der Waals surface area (Å²) in [4.78, 5) is 4.87. The van der Waals surface area contributed by atoms with Crippen LogP contribution in [0.1, 0.15) is 52.7 Å². The summed E-state index contributed by atoms with van der Waals surface area (Å²) in [7, 11) is 0. The zero-order valence-electron chi connectivity index (χ0n) is 35.9. The van der Waals surface area contributed by atoms with E-state index in [1.165, 1.54) is 49.2 Å². The second-order valence-corrected chi connectivity index (χ2v) is 19.7. The molecule has 12 aromatic rings. The molecule has 63 heavy (non-hydrogen) atoms. The molecule has 0 aliphatic rings. The van der Waals surface area contributed by atoms with Crippen molar-refractivity contribution in [1.29, 1.82) is 0 Å². The molecule has 5 heterocycles.